The number of pyridine rings is 1. The lowest BCUT2D eigenvalue weighted by molar-refractivity contribution is -0.172. The number of amides is 1. The minimum Gasteiger partial charge on any atom is -0.376 e. The number of ether oxygens (including phenoxy) is 1. The van der Waals surface area contributed by atoms with Crippen LogP contribution in [-0.4, -0.2) is 60.7 Å². The molecule has 3 aromatic heterocycles. The van der Waals surface area contributed by atoms with Crippen LogP contribution in [-0.2, 0) is 4.74 Å². The predicted molar refractivity (Wildman–Crippen MR) is 119 cm³/mol. The second kappa shape index (κ2) is 7.87. The first-order valence-electron chi connectivity index (χ1n) is 11.1. The zero-order chi connectivity index (χ0) is 24.3. The largest absolute Gasteiger partial charge is 0.376 e. The van der Waals surface area contributed by atoms with Crippen molar-refractivity contribution < 1.29 is 22.7 Å². The number of anilines is 1. The average Bonchev–Trinajstić information content (AvgIpc) is 3.27. The Morgan fingerprint density at radius 1 is 1.14 bits per heavy atom. The summed E-state index contributed by atoms with van der Waals surface area (Å²) < 4.78 is 47.9. The number of nitrogens with zero attached hydrogens (tertiary/aromatic N) is 6. The summed E-state index contributed by atoms with van der Waals surface area (Å²) >= 11 is 0. The number of halogens is 3. The Hall–Kier alpha value is -3.80. The van der Waals surface area contributed by atoms with Crippen molar-refractivity contribution in [3.8, 4) is 0 Å². The molecule has 0 unspecified atom stereocenters. The van der Waals surface area contributed by atoms with Gasteiger partial charge in [-0.2, -0.15) is 9.61 Å². The normalized spacial score (nSPS) is 17.6. The van der Waals surface area contributed by atoms with Crippen LogP contribution in [0.3, 0.4) is 0 Å². The summed E-state index contributed by atoms with van der Waals surface area (Å²) in [4.78, 5) is 28.1. The Morgan fingerprint density at radius 2 is 1.91 bits per heavy atom. The van der Waals surface area contributed by atoms with Gasteiger partial charge in [0.25, 0.3) is 12.3 Å². The Kier molecular flexibility index (Phi) is 4.88. The highest BCUT2D eigenvalue weighted by Gasteiger charge is 2.53. The topological polar surface area (TPSA) is 97.5 Å². The number of nitrogens with one attached hydrogen (secondary N) is 1. The van der Waals surface area contributed by atoms with E-state index in [1.54, 1.807) is 17.9 Å². The number of carbonyl (C=O) groups excluding carboxylic acids is 1. The van der Waals surface area contributed by atoms with Crippen LogP contribution in [0.5, 0.6) is 0 Å². The van der Waals surface area contributed by atoms with E-state index in [2.05, 4.69) is 25.4 Å². The highest BCUT2D eigenvalue weighted by atomic mass is 19.3. The third-order valence-electron chi connectivity index (χ3n) is 6.84. The number of hydrogen-bond acceptors (Lipinski definition) is 7. The quantitative estimate of drug-likeness (QED) is 0.464. The first kappa shape index (κ1) is 21.7. The lowest BCUT2D eigenvalue weighted by Crippen LogP contribution is -2.72. The molecule has 180 valence electrons. The van der Waals surface area contributed by atoms with Gasteiger partial charge in [-0.05, 0) is 19.4 Å². The Labute approximate surface area is 196 Å². The van der Waals surface area contributed by atoms with Crippen LogP contribution < -0.4 is 5.32 Å². The summed E-state index contributed by atoms with van der Waals surface area (Å²) in [5.74, 6) is -0.861. The van der Waals surface area contributed by atoms with Gasteiger partial charge in [0.05, 0.1) is 41.3 Å². The average molecular weight is 483 g/mol. The number of alkyl halides is 2. The molecule has 5 heterocycles. The second-order valence-corrected chi connectivity index (χ2v) is 8.85. The first-order valence-corrected chi connectivity index (χ1v) is 11.1. The molecular formula is C23H20F3N7O2. The Morgan fingerprint density at radius 3 is 2.60 bits per heavy atom. The Bertz CT molecular complexity index is 1470. The molecule has 2 saturated heterocycles. The van der Waals surface area contributed by atoms with Gasteiger partial charge in [-0.15, -0.1) is 0 Å². The van der Waals surface area contributed by atoms with E-state index in [0.717, 1.165) is 12.5 Å². The number of rotatable bonds is 5. The molecule has 1 spiro atoms. The highest BCUT2D eigenvalue weighted by molar-refractivity contribution is 6.05. The molecule has 4 aromatic rings. The van der Waals surface area contributed by atoms with E-state index in [1.807, 2.05) is 0 Å². The van der Waals surface area contributed by atoms with Crippen molar-refractivity contribution in [2.75, 3.05) is 25.1 Å². The number of hydrogen-bond donors (Lipinski definition) is 1. The zero-order valence-electron chi connectivity index (χ0n) is 18.6. The molecule has 0 saturated carbocycles. The van der Waals surface area contributed by atoms with Crippen LogP contribution in [0.2, 0.25) is 0 Å². The van der Waals surface area contributed by atoms with Gasteiger partial charge in [0.15, 0.2) is 11.3 Å². The lowest BCUT2D eigenvalue weighted by atomic mass is 9.82. The van der Waals surface area contributed by atoms with E-state index in [1.165, 1.54) is 29.3 Å². The van der Waals surface area contributed by atoms with E-state index in [-0.39, 0.29) is 17.0 Å². The van der Waals surface area contributed by atoms with Crippen molar-refractivity contribution in [1.82, 2.24) is 29.5 Å². The number of aromatic nitrogens is 5. The Balaban J connectivity index is 1.42. The molecule has 9 nitrogen and oxygen atoms in total. The van der Waals surface area contributed by atoms with E-state index >= 15 is 0 Å². The maximum Gasteiger partial charge on any atom is 0.266 e. The van der Waals surface area contributed by atoms with Crippen LogP contribution in [0.4, 0.5) is 19.0 Å². The molecule has 12 heteroatoms. The molecule has 2 aliphatic rings. The van der Waals surface area contributed by atoms with Gasteiger partial charge in [-0.3, -0.25) is 4.79 Å². The SMILES string of the molecule is C[C@@H](Nc1ncnc2c1cc(C(=O)N1CCC13COC3)c1ncnn12)c1cccc(C(F)F)c1F. The van der Waals surface area contributed by atoms with Crippen molar-refractivity contribution >= 4 is 28.4 Å². The number of benzene rings is 1. The minimum atomic E-state index is -2.93. The van der Waals surface area contributed by atoms with Crippen molar-refractivity contribution in [1.29, 1.82) is 0 Å². The molecule has 1 aromatic carbocycles. The summed E-state index contributed by atoms with van der Waals surface area (Å²) in [7, 11) is 0. The summed E-state index contributed by atoms with van der Waals surface area (Å²) in [6.07, 6.45) is 0.600. The highest BCUT2D eigenvalue weighted by Crippen LogP contribution is 2.39. The molecule has 0 radical (unpaired) electrons. The van der Waals surface area contributed by atoms with Crippen LogP contribution in [0.1, 0.15) is 47.3 Å². The first-order chi connectivity index (χ1) is 16.9. The van der Waals surface area contributed by atoms with E-state index in [0.29, 0.717) is 47.8 Å². The molecule has 0 bridgehead atoms. The van der Waals surface area contributed by atoms with Gasteiger partial charge in [-0.1, -0.05) is 18.2 Å². The van der Waals surface area contributed by atoms with Crippen LogP contribution in [0.25, 0.3) is 16.7 Å². The van der Waals surface area contributed by atoms with Gasteiger partial charge in [0.1, 0.15) is 24.3 Å². The lowest BCUT2D eigenvalue weighted by Gasteiger charge is -2.57. The summed E-state index contributed by atoms with van der Waals surface area (Å²) in [5.41, 5.74) is 0.227. The summed E-state index contributed by atoms with van der Waals surface area (Å²) in [5, 5.41) is 7.78. The van der Waals surface area contributed by atoms with E-state index in [9.17, 15) is 18.0 Å². The molecule has 0 aliphatic carbocycles. The molecule has 1 N–H and O–H groups in total. The molecule has 1 atom stereocenters. The number of likely N-dealkylation sites (tertiary alicyclic amines) is 1. The van der Waals surface area contributed by atoms with Gasteiger partial charge in [0.2, 0.25) is 0 Å². The third kappa shape index (κ3) is 3.23. The number of fused-ring (bicyclic) bond motifs is 3. The molecule has 2 aliphatic heterocycles. The van der Waals surface area contributed by atoms with Gasteiger partial charge < -0.3 is 15.0 Å². The van der Waals surface area contributed by atoms with Gasteiger partial charge in [0, 0.05) is 12.1 Å². The fraction of sp³-hybridized carbons (Fsp3) is 0.348. The van der Waals surface area contributed by atoms with Crippen molar-refractivity contribution in [3.63, 3.8) is 0 Å². The van der Waals surface area contributed by atoms with Crippen molar-refractivity contribution in [3.05, 3.63) is 59.4 Å². The minimum absolute atomic E-state index is 0.0696. The van der Waals surface area contributed by atoms with E-state index in [4.69, 9.17) is 4.74 Å². The van der Waals surface area contributed by atoms with Gasteiger partial charge >= 0.3 is 0 Å². The summed E-state index contributed by atoms with van der Waals surface area (Å²) in [6.45, 7) is 3.27. The fourth-order valence-electron chi connectivity index (χ4n) is 4.74. The molecule has 6 rings (SSSR count). The predicted octanol–water partition coefficient (Wildman–Crippen LogP) is 3.54. The van der Waals surface area contributed by atoms with Crippen molar-refractivity contribution in [2.45, 2.75) is 31.4 Å². The zero-order valence-corrected chi connectivity index (χ0v) is 18.6. The summed E-state index contributed by atoms with van der Waals surface area (Å²) in [6, 6.07) is 4.83. The fourth-order valence-corrected chi connectivity index (χ4v) is 4.74. The third-order valence-corrected chi connectivity index (χ3v) is 6.84. The smallest absolute Gasteiger partial charge is 0.266 e. The molecular weight excluding hydrogens is 463 g/mol. The van der Waals surface area contributed by atoms with Crippen molar-refractivity contribution in [2.24, 2.45) is 0 Å². The van der Waals surface area contributed by atoms with Gasteiger partial charge in [-0.25, -0.2) is 28.1 Å². The molecule has 35 heavy (non-hydrogen) atoms. The number of carbonyl (C=O) groups is 1. The standard InChI is InChI=1S/C23H20F3N7O2/c1-12(13-3-2-4-14(17(13)24)18(25)26)31-19-15-7-16(22(34)32-6-5-23(32)8-35-9-23)21-29-11-30-33(21)20(15)28-10-27-19/h2-4,7,10-12,18H,5-6,8-9H2,1H3,(H,27,28,31)/t12-/m1/s1. The monoisotopic (exact) mass is 483 g/mol. The van der Waals surface area contributed by atoms with Crippen LogP contribution in [0, 0.1) is 5.82 Å². The van der Waals surface area contributed by atoms with E-state index < -0.39 is 23.8 Å². The van der Waals surface area contributed by atoms with Crippen LogP contribution >= 0.6 is 0 Å². The molecule has 1 amide bonds. The maximum absolute atomic E-state index is 14.7. The van der Waals surface area contributed by atoms with Crippen LogP contribution in [0.15, 0.2) is 36.9 Å². The molecule has 2 fully saturated rings. The maximum atomic E-state index is 14.7. The second-order valence-electron chi connectivity index (χ2n) is 8.85.